The second-order valence-electron chi connectivity index (χ2n) is 3.43. The van der Waals surface area contributed by atoms with E-state index in [1.54, 1.807) is 0 Å². The fraction of sp³-hybridized carbons (Fsp3) is 0.200. The molecule has 1 heterocycles. The Hall–Kier alpha value is -1.00. The molecule has 3 nitrogen and oxygen atoms in total. The van der Waals surface area contributed by atoms with Gasteiger partial charge in [0.1, 0.15) is 5.58 Å². The molecule has 0 aliphatic rings. The summed E-state index contributed by atoms with van der Waals surface area (Å²) in [6.07, 6.45) is 0. The van der Waals surface area contributed by atoms with Crippen molar-refractivity contribution in [2.24, 2.45) is 0 Å². The number of halogens is 1. The maximum atomic E-state index is 11.1. The Morgan fingerprint density at radius 3 is 2.53 bits per heavy atom. The molecule has 0 N–H and O–H groups in total. The molecule has 5 heteroatoms. The fourth-order valence-corrected chi connectivity index (χ4v) is 2.12. The highest BCUT2D eigenvalue weighted by atomic mass is 35.7. The zero-order valence-electron chi connectivity index (χ0n) is 8.24. The molecule has 0 fully saturated rings. The lowest BCUT2D eigenvalue weighted by Gasteiger charge is -1.98. The van der Waals surface area contributed by atoms with E-state index in [-0.39, 0.29) is 5.09 Å². The third-order valence-electron chi connectivity index (χ3n) is 2.42. The molecular formula is C10H9ClO3S. The van der Waals surface area contributed by atoms with Gasteiger partial charge in [-0.05, 0) is 25.0 Å². The third-order valence-corrected chi connectivity index (χ3v) is 3.56. The summed E-state index contributed by atoms with van der Waals surface area (Å²) < 4.78 is 27.4. The van der Waals surface area contributed by atoms with Crippen molar-refractivity contribution in [2.75, 3.05) is 0 Å². The van der Waals surface area contributed by atoms with Gasteiger partial charge < -0.3 is 4.42 Å². The van der Waals surface area contributed by atoms with Crippen LogP contribution in [0.2, 0.25) is 0 Å². The van der Waals surface area contributed by atoms with Crippen molar-refractivity contribution in [3.05, 3.63) is 29.3 Å². The molecule has 0 spiro atoms. The van der Waals surface area contributed by atoms with Crippen LogP contribution in [0.15, 0.2) is 27.7 Å². The molecule has 0 radical (unpaired) electrons. The minimum Gasteiger partial charge on any atom is -0.443 e. The van der Waals surface area contributed by atoms with Crippen molar-refractivity contribution in [1.29, 1.82) is 0 Å². The average molecular weight is 245 g/mol. The predicted octanol–water partition coefficient (Wildman–Crippen LogP) is 2.98. The van der Waals surface area contributed by atoms with E-state index in [4.69, 9.17) is 15.1 Å². The van der Waals surface area contributed by atoms with Crippen molar-refractivity contribution in [1.82, 2.24) is 0 Å². The topological polar surface area (TPSA) is 47.3 Å². The summed E-state index contributed by atoms with van der Waals surface area (Å²) in [5.41, 5.74) is 2.56. The standard InChI is InChI=1S/C10H9ClO3S/c1-6-3-4-8-5-9(15(11,12)13)14-10(8)7(6)2/h3-5H,1-2H3. The SMILES string of the molecule is Cc1ccc2cc(S(=O)(=O)Cl)oc2c1C. The van der Waals surface area contributed by atoms with Gasteiger partial charge in [0.05, 0.1) is 0 Å². The van der Waals surface area contributed by atoms with Gasteiger partial charge in [-0.15, -0.1) is 0 Å². The van der Waals surface area contributed by atoms with Gasteiger partial charge in [0.25, 0.3) is 9.05 Å². The smallest absolute Gasteiger partial charge is 0.294 e. The molecule has 1 aromatic heterocycles. The molecule has 0 aliphatic carbocycles. The van der Waals surface area contributed by atoms with Crippen LogP contribution < -0.4 is 0 Å². The molecule has 2 rings (SSSR count). The van der Waals surface area contributed by atoms with E-state index in [1.165, 1.54) is 6.07 Å². The number of fused-ring (bicyclic) bond motifs is 1. The van der Waals surface area contributed by atoms with Gasteiger partial charge >= 0.3 is 0 Å². The molecule has 1 aromatic carbocycles. The Morgan fingerprint density at radius 1 is 1.27 bits per heavy atom. The molecule has 0 bridgehead atoms. The minimum absolute atomic E-state index is 0.201. The second kappa shape index (κ2) is 3.25. The van der Waals surface area contributed by atoms with E-state index in [0.29, 0.717) is 5.58 Å². The van der Waals surface area contributed by atoms with Crippen LogP contribution in [0, 0.1) is 13.8 Å². The van der Waals surface area contributed by atoms with Crippen LogP contribution in [0.3, 0.4) is 0 Å². The molecule has 0 unspecified atom stereocenters. The van der Waals surface area contributed by atoms with Crippen LogP contribution in [0.25, 0.3) is 11.0 Å². The Bertz CT molecular complexity index is 625. The lowest BCUT2D eigenvalue weighted by atomic mass is 10.1. The molecule has 0 atom stereocenters. The van der Waals surface area contributed by atoms with E-state index in [0.717, 1.165) is 16.5 Å². The van der Waals surface area contributed by atoms with Crippen LogP contribution in [0.5, 0.6) is 0 Å². The number of hydrogen-bond donors (Lipinski definition) is 0. The Labute approximate surface area is 92.1 Å². The highest BCUT2D eigenvalue weighted by Gasteiger charge is 2.17. The first-order valence-corrected chi connectivity index (χ1v) is 6.65. The van der Waals surface area contributed by atoms with Crippen molar-refractivity contribution in [3.8, 4) is 0 Å². The van der Waals surface area contributed by atoms with Gasteiger partial charge in [-0.3, -0.25) is 0 Å². The zero-order chi connectivity index (χ0) is 11.2. The Morgan fingerprint density at radius 2 is 1.93 bits per heavy atom. The van der Waals surface area contributed by atoms with Gasteiger partial charge in [0.2, 0.25) is 5.09 Å². The van der Waals surface area contributed by atoms with Crippen molar-refractivity contribution >= 4 is 30.7 Å². The van der Waals surface area contributed by atoms with Crippen LogP contribution in [-0.2, 0) is 9.05 Å². The van der Waals surface area contributed by atoms with E-state index >= 15 is 0 Å². The fourth-order valence-electron chi connectivity index (χ4n) is 1.44. The van der Waals surface area contributed by atoms with Gasteiger partial charge in [-0.2, -0.15) is 0 Å². The van der Waals surface area contributed by atoms with E-state index in [9.17, 15) is 8.42 Å². The summed E-state index contributed by atoms with van der Waals surface area (Å²) in [6.45, 7) is 3.82. The molecular weight excluding hydrogens is 236 g/mol. The first-order chi connectivity index (χ1) is 6.89. The lowest BCUT2D eigenvalue weighted by molar-refractivity contribution is 0.486. The summed E-state index contributed by atoms with van der Waals surface area (Å²) in [7, 11) is 1.41. The third kappa shape index (κ3) is 1.75. The summed E-state index contributed by atoms with van der Waals surface area (Å²) in [5, 5.41) is 0.546. The van der Waals surface area contributed by atoms with Gasteiger partial charge in [0.15, 0.2) is 0 Å². The molecule has 15 heavy (non-hydrogen) atoms. The van der Waals surface area contributed by atoms with Gasteiger partial charge in [0, 0.05) is 22.1 Å². The summed E-state index contributed by atoms with van der Waals surface area (Å²) in [6, 6.07) is 5.16. The van der Waals surface area contributed by atoms with Crippen LogP contribution in [0.1, 0.15) is 11.1 Å². The Kier molecular flexibility index (Phi) is 2.28. The summed E-state index contributed by atoms with van der Waals surface area (Å²) >= 11 is 0. The number of hydrogen-bond acceptors (Lipinski definition) is 3. The minimum atomic E-state index is -3.79. The van der Waals surface area contributed by atoms with Crippen LogP contribution >= 0.6 is 10.7 Å². The Balaban J connectivity index is 2.83. The number of benzene rings is 1. The first-order valence-electron chi connectivity index (χ1n) is 4.34. The molecule has 2 aromatic rings. The molecule has 80 valence electrons. The quantitative estimate of drug-likeness (QED) is 0.725. The lowest BCUT2D eigenvalue weighted by Crippen LogP contribution is -1.85. The monoisotopic (exact) mass is 244 g/mol. The van der Waals surface area contributed by atoms with E-state index in [1.807, 2.05) is 26.0 Å². The zero-order valence-corrected chi connectivity index (χ0v) is 9.82. The van der Waals surface area contributed by atoms with Crippen molar-refractivity contribution in [2.45, 2.75) is 18.9 Å². The molecule has 0 saturated heterocycles. The number of rotatable bonds is 1. The van der Waals surface area contributed by atoms with Crippen molar-refractivity contribution in [3.63, 3.8) is 0 Å². The second-order valence-corrected chi connectivity index (χ2v) is 5.93. The highest BCUT2D eigenvalue weighted by molar-refractivity contribution is 8.13. The molecule has 0 saturated carbocycles. The summed E-state index contributed by atoms with van der Waals surface area (Å²) in [5.74, 6) is 0. The normalized spacial score (nSPS) is 12.2. The molecule has 0 amide bonds. The summed E-state index contributed by atoms with van der Waals surface area (Å²) in [4.78, 5) is 0. The number of furan rings is 1. The van der Waals surface area contributed by atoms with Gasteiger partial charge in [-0.25, -0.2) is 8.42 Å². The van der Waals surface area contributed by atoms with Gasteiger partial charge in [-0.1, -0.05) is 12.1 Å². The first kappa shape index (κ1) is 10.5. The van der Waals surface area contributed by atoms with Crippen LogP contribution in [-0.4, -0.2) is 8.42 Å². The number of aryl methyl sites for hydroxylation is 2. The van der Waals surface area contributed by atoms with E-state index < -0.39 is 9.05 Å². The van der Waals surface area contributed by atoms with E-state index in [2.05, 4.69) is 0 Å². The van der Waals surface area contributed by atoms with Crippen molar-refractivity contribution < 1.29 is 12.8 Å². The van der Waals surface area contributed by atoms with Crippen LogP contribution in [0.4, 0.5) is 0 Å². The average Bonchev–Trinajstić information content (AvgIpc) is 2.55. The maximum Gasteiger partial charge on any atom is 0.294 e. The predicted molar refractivity (Wildman–Crippen MR) is 58.7 cm³/mol. The highest BCUT2D eigenvalue weighted by Crippen LogP contribution is 2.28. The maximum absolute atomic E-state index is 11.1. The molecule has 0 aliphatic heterocycles. The largest absolute Gasteiger partial charge is 0.443 e.